The summed E-state index contributed by atoms with van der Waals surface area (Å²) in [6.45, 7) is 5.42. The minimum Gasteiger partial charge on any atom is -0.497 e. The van der Waals surface area contributed by atoms with Crippen LogP contribution in [0.1, 0.15) is 34.0 Å². The van der Waals surface area contributed by atoms with E-state index in [-0.39, 0.29) is 0 Å². The molecule has 0 fully saturated rings. The maximum atomic E-state index is 12.3. The summed E-state index contributed by atoms with van der Waals surface area (Å²) in [7, 11) is 1.55. The van der Waals surface area contributed by atoms with Gasteiger partial charge in [-0.05, 0) is 92.1 Å². The van der Waals surface area contributed by atoms with Crippen molar-refractivity contribution < 1.29 is 23.9 Å². The zero-order valence-corrected chi connectivity index (χ0v) is 19.3. The number of nitrogens with one attached hydrogen (secondary N) is 2. The molecule has 0 unspecified atom stereocenters. The van der Waals surface area contributed by atoms with E-state index in [2.05, 4.69) is 15.8 Å². The van der Waals surface area contributed by atoms with Crippen LogP contribution >= 0.6 is 0 Å². The number of aryl methyl sites for hydroxylation is 2. The molecule has 174 valence electrons. The first kappa shape index (κ1) is 24.2. The van der Waals surface area contributed by atoms with Gasteiger partial charge in [0.05, 0.1) is 18.4 Å². The highest BCUT2D eigenvalue weighted by Gasteiger charge is 2.15. The molecule has 2 amide bonds. The van der Waals surface area contributed by atoms with Gasteiger partial charge in [0.2, 0.25) is 0 Å². The van der Waals surface area contributed by atoms with Crippen molar-refractivity contribution >= 4 is 29.2 Å². The third-order valence-corrected chi connectivity index (χ3v) is 4.98. The maximum Gasteiger partial charge on any atom is 0.343 e. The zero-order chi connectivity index (χ0) is 24.7. The molecule has 0 aliphatic rings. The fourth-order valence-corrected chi connectivity index (χ4v) is 2.96. The van der Waals surface area contributed by atoms with E-state index in [1.165, 1.54) is 0 Å². The third-order valence-electron chi connectivity index (χ3n) is 4.98. The summed E-state index contributed by atoms with van der Waals surface area (Å²) in [5.74, 6) is -1.20. The van der Waals surface area contributed by atoms with Crippen LogP contribution in [0, 0.1) is 13.8 Å². The number of hydrazone groups is 1. The Morgan fingerprint density at radius 2 is 1.41 bits per heavy atom. The Balaban J connectivity index is 1.57. The first-order chi connectivity index (χ1) is 16.3. The van der Waals surface area contributed by atoms with Gasteiger partial charge in [0.15, 0.2) is 0 Å². The van der Waals surface area contributed by atoms with E-state index in [0.29, 0.717) is 34.0 Å². The van der Waals surface area contributed by atoms with Crippen LogP contribution in [-0.2, 0) is 9.59 Å². The molecule has 3 aromatic rings. The number of rotatable bonds is 6. The van der Waals surface area contributed by atoms with Crippen LogP contribution in [-0.4, -0.2) is 30.6 Å². The highest BCUT2D eigenvalue weighted by molar-refractivity contribution is 6.39. The fraction of sp³-hybridized carbons (Fsp3) is 0.154. The van der Waals surface area contributed by atoms with E-state index in [1.807, 2.05) is 26.0 Å². The molecule has 0 atom stereocenters. The van der Waals surface area contributed by atoms with Crippen molar-refractivity contribution in [2.45, 2.75) is 20.8 Å². The Hall–Kier alpha value is -4.46. The molecule has 0 spiro atoms. The van der Waals surface area contributed by atoms with Crippen LogP contribution in [0.15, 0.2) is 71.8 Å². The lowest BCUT2D eigenvalue weighted by Crippen LogP contribution is -2.33. The molecular formula is C26H25N3O5. The van der Waals surface area contributed by atoms with Crippen LogP contribution in [0.3, 0.4) is 0 Å². The predicted octanol–water partition coefficient (Wildman–Crippen LogP) is 4.01. The first-order valence-electron chi connectivity index (χ1n) is 10.5. The van der Waals surface area contributed by atoms with Gasteiger partial charge in [-0.1, -0.05) is 12.1 Å². The normalized spacial score (nSPS) is 10.9. The Kier molecular flexibility index (Phi) is 7.76. The number of hydrogen-bond donors (Lipinski definition) is 2. The van der Waals surface area contributed by atoms with Crippen molar-refractivity contribution in [3.05, 3.63) is 89.0 Å². The first-order valence-corrected chi connectivity index (χ1v) is 10.5. The van der Waals surface area contributed by atoms with Gasteiger partial charge in [0.1, 0.15) is 11.5 Å². The highest BCUT2D eigenvalue weighted by Crippen LogP contribution is 2.18. The van der Waals surface area contributed by atoms with Crippen LogP contribution in [0.25, 0.3) is 0 Å². The molecule has 0 radical (unpaired) electrons. The number of anilines is 1. The Labute approximate surface area is 197 Å². The number of carbonyl (C=O) groups is 3. The number of ether oxygens (including phenoxy) is 2. The summed E-state index contributed by atoms with van der Waals surface area (Å²) in [4.78, 5) is 36.6. The molecule has 0 aliphatic carbocycles. The second-order valence-corrected chi connectivity index (χ2v) is 7.55. The summed E-state index contributed by atoms with van der Waals surface area (Å²) in [5.41, 5.74) is 6.18. The van der Waals surface area contributed by atoms with Gasteiger partial charge >= 0.3 is 17.8 Å². The molecule has 3 aromatic carbocycles. The lowest BCUT2D eigenvalue weighted by molar-refractivity contribution is -0.136. The molecule has 0 bridgehead atoms. The molecule has 2 N–H and O–H groups in total. The van der Waals surface area contributed by atoms with Crippen molar-refractivity contribution in [3.63, 3.8) is 0 Å². The molecule has 34 heavy (non-hydrogen) atoms. The molecule has 0 saturated carbocycles. The maximum absolute atomic E-state index is 12.3. The molecule has 0 aliphatic heterocycles. The van der Waals surface area contributed by atoms with Gasteiger partial charge in [0.25, 0.3) is 0 Å². The molecule has 8 nitrogen and oxygen atoms in total. The monoisotopic (exact) mass is 459 g/mol. The van der Waals surface area contributed by atoms with Gasteiger partial charge in [-0.15, -0.1) is 0 Å². The number of amides is 2. The van der Waals surface area contributed by atoms with Crippen LogP contribution in [0.5, 0.6) is 11.5 Å². The number of methoxy groups -OCH3 is 1. The lowest BCUT2D eigenvalue weighted by Gasteiger charge is -2.09. The fourth-order valence-electron chi connectivity index (χ4n) is 2.96. The number of nitrogens with zero attached hydrogens (tertiary/aromatic N) is 1. The molecule has 3 rings (SSSR count). The van der Waals surface area contributed by atoms with Crippen LogP contribution in [0.4, 0.5) is 5.69 Å². The predicted molar refractivity (Wildman–Crippen MR) is 129 cm³/mol. The van der Waals surface area contributed by atoms with Crippen LogP contribution in [0.2, 0.25) is 0 Å². The summed E-state index contributed by atoms with van der Waals surface area (Å²) in [6.07, 6.45) is 0. The van der Waals surface area contributed by atoms with E-state index < -0.39 is 17.8 Å². The van der Waals surface area contributed by atoms with E-state index in [1.54, 1.807) is 68.6 Å². The zero-order valence-electron chi connectivity index (χ0n) is 19.3. The number of carbonyl (C=O) groups excluding carboxylic acids is 3. The minimum absolute atomic E-state index is 0.356. The van der Waals surface area contributed by atoms with Crippen LogP contribution < -0.4 is 20.2 Å². The van der Waals surface area contributed by atoms with Gasteiger partial charge < -0.3 is 14.8 Å². The minimum atomic E-state index is -0.884. The molecular weight excluding hydrogens is 434 g/mol. The second kappa shape index (κ2) is 10.9. The van der Waals surface area contributed by atoms with Gasteiger partial charge in [-0.2, -0.15) is 5.10 Å². The SMILES string of the molecule is COc1ccc(C(=O)Oc2ccc(/C(C)=N/NC(=O)C(=O)Nc3cc(C)ccc3C)cc2)cc1. The Morgan fingerprint density at radius 1 is 0.794 bits per heavy atom. The van der Waals surface area contributed by atoms with Crippen molar-refractivity contribution in [2.75, 3.05) is 12.4 Å². The highest BCUT2D eigenvalue weighted by atomic mass is 16.5. The quantitative estimate of drug-likeness (QED) is 0.190. The molecule has 0 aromatic heterocycles. The smallest absolute Gasteiger partial charge is 0.343 e. The lowest BCUT2D eigenvalue weighted by atomic mass is 10.1. The van der Waals surface area contributed by atoms with Crippen molar-refractivity contribution in [1.82, 2.24) is 5.43 Å². The summed E-state index contributed by atoms with van der Waals surface area (Å²) in [5, 5.41) is 6.57. The third kappa shape index (κ3) is 6.29. The number of benzene rings is 3. The van der Waals surface area contributed by atoms with Crippen molar-refractivity contribution in [1.29, 1.82) is 0 Å². The Morgan fingerprint density at radius 3 is 2.06 bits per heavy atom. The van der Waals surface area contributed by atoms with Gasteiger partial charge in [-0.3, -0.25) is 9.59 Å². The molecule has 8 heteroatoms. The average Bonchev–Trinajstić information content (AvgIpc) is 2.85. The van der Waals surface area contributed by atoms with Crippen molar-refractivity contribution in [2.24, 2.45) is 5.10 Å². The number of hydrogen-bond acceptors (Lipinski definition) is 6. The van der Waals surface area contributed by atoms with Crippen molar-refractivity contribution in [3.8, 4) is 11.5 Å². The summed E-state index contributed by atoms with van der Waals surface area (Å²) in [6, 6.07) is 18.8. The largest absolute Gasteiger partial charge is 0.497 e. The van der Waals surface area contributed by atoms with Gasteiger partial charge in [0, 0.05) is 5.69 Å². The topological polar surface area (TPSA) is 106 Å². The van der Waals surface area contributed by atoms with E-state index in [4.69, 9.17) is 9.47 Å². The van der Waals surface area contributed by atoms with E-state index in [0.717, 1.165) is 11.1 Å². The molecule has 0 saturated heterocycles. The summed E-state index contributed by atoms with van der Waals surface area (Å²) >= 11 is 0. The average molecular weight is 460 g/mol. The van der Waals surface area contributed by atoms with E-state index in [9.17, 15) is 14.4 Å². The number of esters is 1. The standard InChI is InChI=1S/C26H25N3O5/c1-16-5-6-17(2)23(15-16)27-24(30)25(31)29-28-18(3)19-7-13-22(14-8-19)34-26(32)20-9-11-21(33-4)12-10-20/h5-15H,1-4H3,(H,27,30)(H,29,31)/b28-18+. The van der Waals surface area contributed by atoms with E-state index >= 15 is 0 Å². The second-order valence-electron chi connectivity index (χ2n) is 7.55. The molecule has 0 heterocycles. The van der Waals surface area contributed by atoms with Gasteiger partial charge in [-0.25, -0.2) is 10.2 Å². The summed E-state index contributed by atoms with van der Waals surface area (Å²) < 4.78 is 10.4. The Bertz CT molecular complexity index is 1230.